The highest BCUT2D eigenvalue weighted by Gasteiger charge is 2.14. The third-order valence-corrected chi connectivity index (χ3v) is 3.60. The molecule has 2 aromatic rings. The highest BCUT2D eigenvalue weighted by molar-refractivity contribution is 9.10. The van der Waals surface area contributed by atoms with Crippen LogP contribution >= 0.6 is 15.9 Å². The molecule has 0 aliphatic rings. The average molecular weight is 330 g/mol. The van der Waals surface area contributed by atoms with Gasteiger partial charge in [0.05, 0.1) is 0 Å². The molecule has 2 nitrogen and oxygen atoms in total. The smallest absolute Gasteiger partial charge is 0.168 e. The highest BCUT2D eigenvalue weighted by Crippen LogP contribution is 2.21. The number of aliphatic hydroxyl groups excluding tert-OH is 1. The van der Waals surface area contributed by atoms with Gasteiger partial charge in [0.25, 0.3) is 0 Å². The number of benzene rings is 2. The Morgan fingerprint density at radius 3 is 2.35 bits per heavy atom. The monoisotopic (exact) mass is 329 g/mol. The summed E-state index contributed by atoms with van der Waals surface area (Å²) in [6.07, 6.45) is 5.06. The molecular weight excluding hydrogens is 314 g/mol. The summed E-state index contributed by atoms with van der Waals surface area (Å²) in [5.41, 5.74) is 2.28. The second-order valence-corrected chi connectivity index (χ2v) is 5.45. The lowest BCUT2D eigenvalue weighted by Gasteiger charge is -2.21. The molecule has 0 spiro atoms. The topological polar surface area (TPSA) is 32.3 Å². The first-order valence-electron chi connectivity index (χ1n) is 6.38. The molecule has 2 atom stereocenters. The minimum Gasteiger partial charge on any atom is -0.367 e. The van der Waals surface area contributed by atoms with Gasteiger partial charge >= 0.3 is 0 Å². The molecule has 0 saturated heterocycles. The molecular formula is C17H16BrNO. The Hall–Kier alpha value is -1.60. The molecule has 20 heavy (non-hydrogen) atoms. The van der Waals surface area contributed by atoms with E-state index in [0.717, 1.165) is 16.5 Å². The Morgan fingerprint density at radius 2 is 1.75 bits per heavy atom. The van der Waals surface area contributed by atoms with E-state index in [1.165, 1.54) is 5.56 Å². The Balaban J connectivity index is 2.20. The van der Waals surface area contributed by atoms with E-state index >= 15 is 0 Å². The Morgan fingerprint density at radius 1 is 1.10 bits per heavy atom. The van der Waals surface area contributed by atoms with E-state index in [2.05, 4.69) is 39.3 Å². The van der Waals surface area contributed by atoms with Crippen LogP contribution in [0.15, 0.2) is 59.1 Å². The fourth-order valence-electron chi connectivity index (χ4n) is 2.06. The lowest BCUT2D eigenvalue weighted by Crippen LogP contribution is -2.32. The van der Waals surface area contributed by atoms with E-state index in [4.69, 9.17) is 6.42 Å². The van der Waals surface area contributed by atoms with Crippen LogP contribution in [0.25, 0.3) is 0 Å². The molecule has 102 valence electrons. The Labute approximate surface area is 128 Å². The van der Waals surface area contributed by atoms with Gasteiger partial charge in [0.2, 0.25) is 0 Å². The maximum absolute atomic E-state index is 9.67. The lowest BCUT2D eigenvalue weighted by atomic mass is 9.99. The van der Waals surface area contributed by atoms with Crippen molar-refractivity contribution < 1.29 is 5.11 Å². The Kier molecular flexibility index (Phi) is 5.37. The third-order valence-electron chi connectivity index (χ3n) is 3.07. The molecule has 3 heteroatoms. The number of halogens is 1. The second kappa shape index (κ2) is 7.25. The molecule has 2 aromatic carbocycles. The summed E-state index contributed by atoms with van der Waals surface area (Å²) in [4.78, 5) is 0. The van der Waals surface area contributed by atoms with Crippen molar-refractivity contribution in [3.63, 3.8) is 0 Å². The van der Waals surface area contributed by atoms with Gasteiger partial charge in [-0.15, -0.1) is 6.42 Å². The third kappa shape index (κ3) is 4.21. The SMILES string of the molecule is C#CC(O)NC(Cc1ccccc1)c1ccc(Br)cc1. The molecule has 0 aromatic heterocycles. The quantitative estimate of drug-likeness (QED) is 0.651. The van der Waals surface area contributed by atoms with Gasteiger partial charge in [0.1, 0.15) is 0 Å². The van der Waals surface area contributed by atoms with Crippen LogP contribution < -0.4 is 5.32 Å². The summed E-state index contributed by atoms with van der Waals surface area (Å²) >= 11 is 3.42. The number of aliphatic hydroxyl groups is 1. The second-order valence-electron chi connectivity index (χ2n) is 4.53. The van der Waals surface area contributed by atoms with E-state index in [0.29, 0.717) is 0 Å². The normalized spacial score (nSPS) is 13.4. The van der Waals surface area contributed by atoms with Gasteiger partial charge in [-0.3, -0.25) is 5.32 Å². The van der Waals surface area contributed by atoms with E-state index in [-0.39, 0.29) is 6.04 Å². The zero-order chi connectivity index (χ0) is 14.4. The molecule has 2 rings (SSSR count). The van der Waals surface area contributed by atoms with E-state index in [9.17, 15) is 5.11 Å². The molecule has 2 unspecified atom stereocenters. The molecule has 0 saturated carbocycles. The van der Waals surface area contributed by atoms with Crippen molar-refractivity contribution in [2.75, 3.05) is 0 Å². The van der Waals surface area contributed by atoms with E-state index in [1.807, 2.05) is 42.5 Å². The number of hydrogen-bond acceptors (Lipinski definition) is 2. The predicted octanol–water partition coefficient (Wildman–Crippen LogP) is 3.27. The van der Waals surface area contributed by atoms with Gasteiger partial charge in [-0.1, -0.05) is 64.3 Å². The van der Waals surface area contributed by atoms with Gasteiger partial charge in [0.15, 0.2) is 6.23 Å². The standard InChI is InChI=1S/C17H16BrNO/c1-2-17(20)19-16(12-13-6-4-3-5-7-13)14-8-10-15(18)11-9-14/h1,3-11,16-17,19-20H,12H2. The summed E-state index contributed by atoms with van der Waals surface area (Å²) in [6, 6.07) is 18.1. The van der Waals surface area contributed by atoms with Gasteiger partial charge in [-0.25, -0.2) is 0 Å². The van der Waals surface area contributed by atoms with Crippen molar-refractivity contribution in [3.8, 4) is 12.3 Å². The fraction of sp³-hybridized carbons (Fsp3) is 0.176. The molecule has 2 N–H and O–H groups in total. The van der Waals surface area contributed by atoms with Crippen molar-refractivity contribution in [1.82, 2.24) is 5.32 Å². The van der Waals surface area contributed by atoms with Crippen molar-refractivity contribution in [2.45, 2.75) is 18.7 Å². The molecule has 0 aliphatic carbocycles. The van der Waals surface area contributed by atoms with Crippen LogP contribution in [0.2, 0.25) is 0 Å². The minimum absolute atomic E-state index is 0.0310. The van der Waals surface area contributed by atoms with Crippen LogP contribution in [0.4, 0.5) is 0 Å². The summed E-state index contributed by atoms with van der Waals surface area (Å²) < 4.78 is 1.03. The zero-order valence-electron chi connectivity index (χ0n) is 11.0. The first-order valence-corrected chi connectivity index (χ1v) is 7.18. The summed E-state index contributed by atoms with van der Waals surface area (Å²) in [7, 11) is 0. The molecule has 0 heterocycles. The van der Waals surface area contributed by atoms with Crippen LogP contribution in [0.5, 0.6) is 0 Å². The van der Waals surface area contributed by atoms with Crippen LogP contribution in [0.1, 0.15) is 17.2 Å². The molecule has 0 aliphatic heterocycles. The predicted molar refractivity (Wildman–Crippen MR) is 85.0 cm³/mol. The van der Waals surface area contributed by atoms with Gasteiger partial charge < -0.3 is 5.11 Å². The number of nitrogens with one attached hydrogen (secondary N) is 1. The van der Waals surface area contributed by atoms with Crippen LogP contribution in [-0.4, -0.2) is 11.3 Å². The van der Waals surface area contributed by atoms with Crippen LogP contribution in [0, 0.1) is 12.3 Å². The number of rotatable bonds is 5. The summed E-state index contributed by atoms with van der Waals surface area (Å²) in [5, 5.41) is 12.7. The lowest BCUT2D eigenvalue weighted by molar-refractivity contribution is 0.176. The van der Waals surface area contributed by atoms with Gasteiger partial charge in [-0.2, -0.15) is 0 Å². The first-order chi connectivity index (χ1) is 9.69. The van der Waals surface area contributed by atoms with E-state index < -0.39 is 6.23 Å². The van der Waals surface area contributed by atoms with Crippen molar-refractivity contribution >= 4 is 15.9 Å². The first kappa shape index (κ1) is 14.8. The maximum atomic E-state index is 9.67. The molecule has 0 fully saturated rings. The van der Waals surface area contributed by atoms with Gasteiger partial charge in [-0.05, 0) is 29.7 Å². The van der Waals surface area contributed by atoms with Gasteiger partial charge in [0, 0.05) is 10.5 Å². The van der Waals surface area contributed by atoms with E-state index in [1.54, 1.807) is 0 Å². The zero-order valence-corrected chi connectivity index (χ0v) is 12.5. The fourth-order valence-corrected chi connectivity index (χ4v) is 2.32. The Bertz CT molecular complexity index is 574. The van der Waals surface area contributed by atoms with Crippen molar-refractivity contribution in [1.29, 1.82) is 0 Å². The maximum Gasteiger partial charge on any atom is 0.168 e. The van der Waals surface area contributed by atoms with Crippen LogP contribution in [-0.2, 0) is 6.42 Å². The largest absolute Gasteiger partial charge is 0.367 e. The summed E-state index contributed by atoms with van der Waals surface area (Å²) in [6.45, 7) is 0. The van der Waals surface area contributed by atoms with Crippen LogP contribution in [0.3, 0.4) is 0 Å². The number of hydrogen-bond donors (Lipinski definition) is 2. The molecule has 0 amide bonds. The number of terminal acetylenes is 1. The average Bonchev–Trinajstić information content (AvgIpc) is 2.48. The molecule has 0 bridgehead atoms. The van der Waals surface area contributed by atoms with Crippen molar-refractivity contribution in [2.24, 2.45) is 0 Å². The minimum atomic E-state index is -0.952. The molecule has 0 radical (unpaired) electrons. The van der Waals surface area contributed by atoms with Crippen molar-refractivity contribution in [3.05, 3.63) is 70.2 Å². The highest BCUT2D eigenvalue weighted by atomic mass is 79.9. The summed E-state index contributed by atoms with van der Waals surface area (Å²) in [5.74, 6) is 2.30.